The third kappa shape index (κ3) is 2.68. The maximum absolute atomic E-state index is 6.27. The summed E-state index contributed by atoms with van der Waals surface area (Å²) in [5, 5.41) is 3.93. The van der Waals surface area contributed by atoms with Gasteiger partial charge in [-0.05, 0) is 42.3 Å². The van der Waals surface area contributed by atoms with Crippen LogP contribution in [-0.2, 0) is 6.54 Å². The molecule has 0 aromatic heterocycles. The highest BCUT2D eigenvalue weighted by molar-refractivity contribution is 6.31. The van der Waals surface area contributed by atoms with Gasteiger partial charge >= 0.3 is 0 Å². The molecule has 0 atom stereocenters. The predicted molar refractivity (Wildman–Crippen MR) is 74.4 cm³/mol. The van der Waals surface area contributed by atoms with Gasteiger partial charge in [0.2, 0.25) is 0 Å². The summed E-state index contributed by atoms with van der Waals surface area (Å²) < 4.78 is 0. The number of nitrogens with one attached hydrogen (secondary N) is 1. The Morgan fingerprint density at radius 2 is 1.88 bits per heavy atom. The van der Waals surface area contributed by atoms with E-state index in [-0.39, 0.29) is 0 Å². The first-order valence-electron chi connectivity index (χ1n) is 5.71. The van der Waals surface area contributed by atoms with E-state index in [1.165, 1.54) is 16.7 Å². The Bertz CT molecular complexity index is 520. The summed E-state index contributed by atoms with van der Waals surface area (Å²) in [5.41, 5.74) is 4.81. The molecule has 2 aromatic rings. The van der Waals surface area contributed by atoms with E-state index < -0.39 is 0 Å². The van der Waals surface area contributed by atoms with Gasteiger partial charge < -0.3 is 5.32 Å². The van der Waals surface area contributed by atoms with Gasteiger partial charge in [-0.3, -0.25) is 0 Å². The molecule has 0 saturated heterocycles. The summed E-state index contributed by atoms with van der Waals surface area (Å²) in [6.07, 6.45) is 0. The quantitative estimate of drug-likeness (QED) is 0.861. The fraction of sp³-hybridized carbons (Fsp3) is 0.200. The van der Waals surface area contributed by atoms with Crippen molar-refractivity contribution in [1.82, 2.24) is 5.32 Å². The van der Waals surface area contributed by atoms with Crippen LogP contribution in [0.4, 0.5) is 0 Å². The van der Waals surface area contributed by atoms with E-state index in [0.717, 1.165) is 17.1 Å². The SMILES string of the molecule is CNCc1ccc(-c2ccccc2C)cc1Cl. The monoisotopic (exact) mass is 245 g/mol. The molecule has 2 heteroatoms. The molecule has 88 valence electrons. The average Bonchev–Trinajstić information content (AvgIpc) is 2.33. The second-order valence-electron chi connectivity index (χ2n) is 4.15. The van der Waals surface area contributed by atoms with Gasteiger partial charge in [0, 0.05) is 11.6 Å². The largest absolute Gasteiger partial charge is 0.316 e. The number of aryl methyl sites for hydroxylation is 1. The summed E-state index contributed by atoms with van der Waals surface area (Å²) in [5.74, 6) is 0. The number of hydrogen-bond acceptors (Lipinski definition) is 1. The molecule has 2 rings (SSSR count). The Morgan fingerprint density at radius 1 is 1.12 bits per heavy atom. The smallest absolute Gasteiger partial charge is 0.0457 e. The molecule has 1 N–H and O–H groups in total. The average molecular weight is 246 g/mol. The molecular weight excluding hydrogens is 230 g/mol. The normalized spacial score (nSPS) is 10.5. The molecule has 0 unspecified atom stereocenters. The third-order valence-corrected chi connectivity index (χ3v) is 3.23. The van der Waals surface area contributed by atoms with Crippen molar-refractivity contribution in [3.8, 4) is 11.1 Å². The Kier molecular flexibility index (Phi) is 3.82. The zero-order valence-electron chi connectivity index (χ0n) is 10.1. The molecule has 0 bridgehead atoms. The molecule has 0 fully saturated rings. The zero-order chi connectivity index (χ0) is 12.3. The molecule has 0 radical (unpaired) electrons. The first-order valence-corrected chi connectivity index (χ1v) is 6.09. The zero-order valence-corrected chi connectivity index (χ0v) is 10.9. The summed E-state index contributed by atoms with van der Waals surface area (Å²) >= 11 is 6.27. The fourth-order valence-corrected chi connectivity index (χ4v) is 2.19. The molecule has 0 aliphatic heterocycles. The van der Waals surface area contributed by atoms with E-state index >= 15 is 0 Å². The van der Waals surface area contributed by atoms with E-state index in [2.05, 4.69) is 48.6 Å². The molecule has 0 spiro atoms. The molecule has 0 aliphatic rings. The van der Waals surface area contributed by atoms with Crippen LogP contribution in [0.3, 0.4) is 0 Å². The summed E-state index contributed by atoms with van der Waals surface area (Å²) in [4.78, 5) is 0. The molecule has 1 nitrogen and oxygen atoms in total. The van der Waals surface area contributed by atoms with Crippen molar-refractivity contribution in [3.05, 3.63) is 58.6 Å². The molecule has 0 aliphatic carbocycles. The molecular formula is C15H16ClN. The van der Waals surface area contributed by atoms with E-state index in [9.17, 15) is 0 Å². The number of benzene rings is 2. The minimum absolute atomic E-state index is 0.798. The number of rotatable bonds is 3. The van der Waals surface area contributed by atoms with Crippen LogP contribution in [0.5, 0.6) is 0 Å². The lowest BCUT2D eigenvalue weighted by atomic mass is 9.99. The predicted octanol–water partition coefficient (Wildman–Crippen LogP) is 4.03. The van der Waals surface area contributed by atoms with E-state index in [0.29, 0.717) is 0 Å². The Morgan fingerprint density at radius 3 is 2.53 bits per heavy atom. The Balaban J connectivity index is 2.41. The Hall–Kier alpha value is -1.31. The second-order valence-corrected chi connectivity index (χ2v) is 4.56. The van der Waals surface area contributed by atoms with Gasteiger partial charge in [0.1, 0.15) is 0 Å². The van der Waals surface area contributed by atoms with Gasteiger partial charge in [-0.25, -0.2) is 0 Å². The Labute approximate surface area is 107 Å². The summed E-state index contributed by atoms with van der Waals surface area (Å²) in [6.45, 7) is 2.91. The third-order valence-electron chi connectivity index (χ3n) is 2.88. The van der Waals surface area contributed by atoms with Crippen LogP contribution in [0, 0.1) is 6.92 Å². The summed E-state index contributed by atoms with van der Waals surface area (Å²) in [7, 11) is 1.92. The topological polar surface area (TPSA) is 12.0 Å². The molecule has 0 amide bonds. The van der Waals surface area contributed by atoms with E-state index in [4.69, 9.17) is 11.6 Å². The highest BCUT2D eigenvalue weighted by atomic mass is 35.5. The summed E-state index contributed by atoms with van der Waals surface area (Å²) in [6, 6.07) is 14.6. The maximum atomic E-state index is 6.27. The number of hydrogen-bond donors (Lipinski definition) is 1. The first kappa shape index (κ1) is 12.2. The highest BCUT2D eigenvalue weighted by Crippen LogP contribution is 2.27. The van der Waals surface area contributed by atoms with Gasteiger partial charge in [-0.15, -0.1) is 0 Å². The van der Waals surface area contributed by atoms with Crippen LogP contribution >= 0.6 is 11.6 Å². The maximum Gasteiger partial charge on any atom is 0.0457 e. The van der Waals surface area contributed by atoms with Gasteiger partial charge in [0.05, 0.1) is 0 Å². The van der Waals surface area contributed by atoms with Crippen molar-refractivity contribution in [1.29, 1.82) is 0 Å². The molecule has 17 heavy (non-hydrogen) atoms. The van der Waals surface area contributed by atoms with Crippen molar-refractivity contribution < 1.29 is 0 Å². The van der Waals surface area contributed by atoms with Crippen LogP contribution in [0.2, 0.25) is 5.02 Å². The lowest BCUT2D eigenvalue weighted by Crippen LogP contribution is -2.05. The van der Waals surface area contributed by atoms with E-state index in [1.54, 1.807) is 0 Å². The minimum atomic E-state index is 0.798. The second kappa shape index (κ2) is 5.35. The van der Waals surface area contributed by atoms with Crippen LogP contribution in [0.25, 0.3) is 11.1 Å². The van der Waals surface area contributed by atoms with Crippen LogP contribution < -0.4 is 5.32 Å². The van der Waals surface area contributed by atoms with Crippen LogP contribution in [-0.4, -0.2) is 7.05 Å². The fourth-order valence-electron chi connectivity index (χ4n) is 1.95. The highest BCUT2D eigenvalue weighted by Gasteiger charge is 2.04. The van der Waals surface area contributed by atoms with Crippen molar-refractivity contribution in [3.63, 3.8) is 0 Å². The van der Waals surface area contributed by atoms with Gasteiger partial charge in [0.15, 0.2) is 0 Å². The lowest BCUT2D eigenvalue weighted by molar-refractivity contribution is 0.818. The van der Waals surface area contributed by atoms with Crippen molar-refractivity contribution in [2.75, 3.05) is 7.05 Å². The molecule has 2 aromatic carbocycles. The minimum Gasteiger partial charge on any atom is -0.316 e. The van der Waals surface area contributed by atoms with Crippen LogP contribution in [0.15, 0.2) is 42.5 Å². The standard InChI is InChI=1S/C15H16ClN/c1-11-5-3-4-6-14(11)12-7-8-13(10-17-2)15(16)9-12/h3-9,17H,10H2,1-2H3. The first-order chi connectivity index (χ1) is 8.22. The molecule has 0 saturated carbocycles. The van der Waals surface area contributed by atoms with Crippen molar-refractivity contribution in [2.24, 2.45) is 0 Å². The van der Waals surface area contributed by atoms with E-state index in [1.807, 2.05) is 13.1 Å². The van der Waals surface area contributed by atoms with Crippen molar-refractivity contribution in [2.45, 2.75) is 13.5 Å². The lowest BCUT2D eigenvalue weighted by Gasteiger charge is -2.09. The number of halogens is 1. The van der Waals surface area contributed by atoms with Gasteiger partial charge in [0.25, 0.3) is 0 Å². The van der Waals surface area contributed by atoms with Gasteiger partial charge in [-0.1, -0.05) is 48.0 Å². The van der Waals surface area contributed by atoms with Crippen LogP contribution in [0.1, 0.15) is 11.1 Å². The van der Waals surface area contributed by atoms with Gasteiger partial charge in [-0.2, -0.15) is 0 Å². The molecule has 0 heterocycles. The van der Waals surface area contributed by atoms with Crippen molar-refractivity contribution >= 4 is 11.6 Å².